The molecule has 1 fully saturated rings. The monoisotopic (exact) mass is 320 g/mol. The lowest BCUT2D eigenvalue weighted by molar-refractivity contribution is 0.190. The van der Waals surface area contributed by atoms with Crippen LogP contribution < -0.4 is 10.2 Å². The first-order valence-corrected chi connectivity index (χ1v) is 8.32. The molecule has 1 N–H and O–H groups in total. The zero-order valence-electron chi connectivity index (χ0n) is 12.6. The summed E-state index contributed by atoms with van der Waals surface area (Å²) < 4.78 is 5.31. The minimum Gasteiger partial charge on any atom is -0.469 e. The molecule has 118 valence electrons. The Hall–Kier alpha value is -2.02. The van der Waals surface area contributed by atoms with E-state index in [2.05, 4.69) is 15.2 Å². The van der Waals surface area contributed by atoms with Gasteiger partial charge in [-0.3, -0.25) is 0 Å². The number of carbonyl (C=O) groups excluding carboxylic acids is 1. The van der Waals surface area contributed by atoms with Crippen LogP contribution in [0.5, 0.6) is 0 Å². The zero-order chi connectivity index (χ0) is 15.4. The fraction of sp³-hybridized carbons (Fsp3) is 0.467. The predicted octanol–water partition coefficient (Wildman–Crippen LogP) is 2.20. The molecule has 0 spiro atoms. The average Bonchev–Trinajstić information content (AvgIpc) is 3.20. The second-order valence-electron chi connectivity index (χ2n) is 5.42. The van der Waals surface area contributed by atoms with E-state index in [0.717, 1.165) is 37.1 Å². The van der Waals surface area contributed by atoms with Crippen molar-refractivity contribution in [3.8, 4) is 0 Å². The highest BCUT2D eigenvalue weighted by Gasteiger charge is 2.23. The molecule has 3 heterocycles. The summed E-state index contributed by atoms with van der Waals surface area (Å²) in [5.74, 6) is 0.890. The van der Waals surface area contributed by atoms with Crippen molar-refractivity contribution in [3.63, 3.8) is 0 Å². The van der Waals surface area contributed by atoms with Crippen LogP contribution in [0.15, 0.2) is 34.4 Å². The minimum atomic E-state index is -0.00200. The van der Waals surface area contributed by atoms with E-state index in [1.54, 1.807) is 17.6 Å². The molecule has 0 bridgehead atoms. The van der Waals surface area contributed by atoms with E-state index in [-0.39, 0.29) is 12.1 Å². The Bertz CT molecular complexity index is 577. The first-order valence-electron chi connectivity index (χ1n) is 7.44. The number of aromatic nitrogens is 1. The number of furan rings is 1. The number of amides is 2. The molecule has 3 rings (SSSR count). The van der Waals surface area contributed by atoms with Gasteiger partial charge in [-0.2, -0.15) is 0 Å². The Morgan fingerprint density at radius 1 is 1.45 bits per heavy atom. The number of hydrogen-bond acceptors (Lipinski definition) is 5. The molecule has 0 aliphatic carbocycles. The Labute approximate surface area is 133 Å². The van der Waals surface area contributed by atoms with Gasteiger partial charge in [-0.1, -0.05) is 0 Å². The van der Waals surface area contributed by atoms with Gasteiger partial charge in [0.1, 0.15) is 5.76 Å². The number of anilines is 1. The molecule has 0 saturated carbocycles. The molecule has 1 aliphatic heterocycles. The van der Waals surface area contributed by atoms with Gasteiger partial charge < -0.3 is 19.5 Å². The minimum absolute atomic E-state index is 0.00200. The van der Waals surface area contributed by atoms with E-state index in [9.17, 15) is 4.79 Å². The van der Waals surface area contributed by atoms with Crippen molar-refractivity contribution in [2.75, 3.05) is 31.1 Å². The maximum atomic E-state index is 12.3. The number of nitrogens with zero attached hydrogens (tertiary/aromatic N) is 3. The third kappa shape index (κ3) is 3.59. The summed E-state index contributed by atoms with van der Waals surface area (Å²) in [6, 6.07) is 3.84. The van der Waals surface area contributed by atoms with Crippen molar-refractivity contribution in [2.45, 2.75) is 19.4 Å². The standard InChI is InChI=1S/C15H20N4O2S/c1-12(11-13-3-2-9-21-13)17-14(20)18-5-7-19(8-6-18)15-16-4-10-22-15/h2-4,9-10,12H,5-8,11H2,1H3,(H,17,20)/t12-/m1/s1. The van der Waals surface area contributed by atoms with Gasteiger partial charge >= 0.3 is 6.03 Å². The van der Waals surface area contributed by atoms with Gasteiger partial charge in [0.05, 0.1) is 6.26 Å². The van der Waals surface area contributed by atoms with Gasteiger partial charge in [0.2, 0.25) is 0 Å². The second-order valence-corrected chi connectivity index (χ2v) is 6.30. The highest BCUT2D eigenvalue weighted by atomic mass is 32.1. The van der Waals surface area contributed by atoms with Crippen LogP contribution in [0.25, 0.3) is 0 Å². The van der Waals surface area contributed by atoms with Crippen molar-refractivity contribution in [3.05, 3.63) is 35.7 Å². The Morgan fingerprint density at radius 2 is 2.27 bits per heavy atom. The average molecular weight is 320 g/mol. The van der Waals surface area contributed by atoms with Crippen molar-refractivity contribution < 1.29 is 9.21 Å². The summed E-state index contributed by atoms with van der Waals surface area (Å²) in [4.78, 5) is 20.7. The number of thiazole rings is 1. The van der Waals surface area contributed by atoms with E-state index < -0.39 is 0 Å². The zero-order valence-corrected chi connectivity index (χ0v) is 13.4. The van der Waals surface area contributed by atoms with Crippen LogP contribution in [0.3, 0.4) is 0 Å². The third-order valence-electron chi connectivity index (χ3n) is 3.71. The van der Waals surface area contributed by atoms with E-state index in [4.69, 9.17) is 4.42 Å². The number of piperazine rings is 1. The maximum Gasteiger partial charge on any atom is 0.317 e. The largest absolute Gasteiger partial charge is 0.469 e. The highest BCUT2D eigenvalue weighted by molar-refractivity contribution is 7.13. The molecule has 0 aromatic carbocycles. The number of urea groups is 1. The molecule has 1 atom stereocenters. The van der Waals surface area contributed by atoms with Crippen LogP contribution in [-0.2, 0) is 6.42 Å². The number of carbonyl (C=O) groups is 1. The topological polar surface area (TPSA) is 61.6 Å². The van der Waals surface area contributed by atoms with Gasteiger partial charge in [-0.25, -0.2) is 9.78 Å². The quantitative estimate of drug-likeness (QED) is 0.938. The molecule has 22 heavy (non-hydrogen) atoms. The molecule has 2 amide bonds. The summed E-state index contributed by atoms with van der Waals surface area (Å²) in [6.45, 7) is 5.09. The van der Waals surface area contributed by atoms with E-state index in [1.807, 2.05) is 35.5 Å². The van der Waals surface area contributed by atoms with Gasteiger partial charge in [-0.15, -0.1) is 11.3 Å². The Kier molecular flexibility index (Phi) is 4.62. The van der Waals surface area contributed by atoms with E-state index in [0.29, 0.717) is 6.42 Å². The first-order chi connectivity index (χ1) is 10.7. The third-order valence-corrected chi connectivity index (χ3v) is 4.55. The summed E-state index contributed by atoms with van der Waals surface area (Å²) in [5, 5.41) is 6.04. The van der Waals surface area contributed by atoms with E-state index >= 15 is 0 Å². The molecule has 6 nitrogen and oxygen atoms in total. The van der Waals surface area contributed by atoms with Crippen LogP contribution in [0, 0.1) is 0 Å². The van der Waals surface area contributed by atoms with Crippen LogP contribution >= 0.6 is 11.3 Å². The second kappa shape index (κ2) is 6.83. The smallest absolute Gasteiger partial charge is 0.317 e. The predicted molar refractivity (Wildman–Crippen MR) is 86.3 cm³/mol. The lowest BCUT2D eigenvalue weighted by Crippen LogP contribution is -2.53. The Balaban J connectivity index is 1.45. The molecule has 2 aromatic heterocycles. The maximum absolute atomic E-state index is 12.3. The van der Waals surface area contributed by atoms with Crippen molar-refractivity contribution >= 4 is 22.5 Å². The van der Waals surface area contributed by atoms with Crippen molar-refractivity contribution in [2.24, 2.45) is 0 Å². The number of hydrogen-bond donors (Lipinski definition) is 1. The van der Waals surface area contributed by atoms with Crippen LogP contribution in [-0.4, -0.2) is 48.1 Å². The van der Waals surface area contributed by atoms with Crippen molar-refractivity contribution in [1.29, 1.82) is 0 Å². The van der Waals surface area contributed by atoms with Crippen molar-refractivity contribution in [1.82, 2.24) is 15.2 Å². The lowest BCUT2D eigenvalue weighted by Gasteiger charge is -2.35. The van der Waals surface area contributed by atoms with Gasteiger partial charge in [0, 0.05) is 50.2 Å². The normalized spacial score (nSPS) is 16.6. The number of rotatable bonds is 4. The van der Waals surface area contributed by atoms with E-state index in [1.165, 1.54) is 0 Å². The van der Waals surface area contributed by atoms with Crippen LogP contribution in [0.1, 0.15) is 12.7 Å². The summed E-state index contributed by atoms with van der Waals surface area (Å²) >= 11 is 1.64. The van der Waals surface area contributed by atoms with Crippen LogP contribution in [0.4, 0.5) is 9.93 Å². The number of nitrogens with one attached hydrogen (secondary N) is 1. The highest BCUT2D eigenvalue weighted by Crippen LogP contribution is 2.18. The van der Waals surface area contributed by atoms with Gasteiger partial charge in [-0.05, 0) is 19.1 Å². The fourth-order valence-corrected chi connectivity index (χ4v) is 3.25. The van der Waals surface area contributed by atoms with Gasteiger partial charge in [0.15, 0.2) is 5.13 Å². The SMILES string of the molecule is C[C@H](Cc1ccco1)NC(=O)N1CCN(c2nccs2)CC1. The van der Waals surface area contributed by atoms with Crippen LogP contribution in [0.2, 0.25) is 0 Å². The summed E-state index contributed by atoms with van der Waals surface area (Å²) in [5.41, 5.74) is 0. The summed E-state index contributed by atoms with van der Waals surface area (Å²) in [6.07, 6.45) is 4.18. The molecular formula is C15H20N4O2S. The molecule has 1 saturated heterocycles. The molecule has 1 aliphatic rings. The summed E-state index contributed by atoms with van der Waals surface area (Å²) in [7, 11) is 0. The van der Waals surface area contributed by atoms with Gasteiger partial charge in [0.25, 0.3) is 0 Å². The molecule has 2 aromatic rings. The fourth-order valence-electron chi connectivity index (χ4n) is 2.56. The molecular weight excluding hydrogens is 300 g/mol. The first kappa shape index (κ1) is 14.9. The molecule has 7 heteroatoms. The molecule has 0 unspecified atom stereocenters. The Morgan fingerprint density at radius 3 is 2.91 bits per heavy atom. The molecule has 0 radical (unpaired) electrons. The lowest BCUT2D eigenvalue weighted by atomic mass is 10.2.